The molecule has 0 unspecified atom stereocenters. The number of aromatic nitrogens is 1. The van der Waals surface area contributed by atoms with E-state index >= 15 is 4.39 Å². The summed E-state index contributed by atoms with van der Waals surface area (Å²) in [7, 11) is 0. The lowest BCUT2D eigenvalue weighted by molar-refractivity contribution is 0.0694. The number of aryl methyl sites for hydroxylation is 1. The van der Waals surface area contributed by atoms with Crippen LogP contribution < -0.4 is 20.5 Å². The number of hydrogen-bond donors (Lipinski definition) is 3. The summed E-state index contributed by atoms with van der Waals surface area (Å²) < 4.78 is 28.5. The number of piperazine rings is 1. The molecule has 0 spiro atoms. The van der Waals surface area contributed by atoms with Crippen molar-refractivity contribution in [2.24, 2.45) is 0 Å². The fraction of sp³-hybridized carbons (Fsp3) is 0.242. The molecule has 5 aromatic rings. The van der Waals surface area contributed by atoms with E-state index in [-0.39, 0.29) is 28.7 Å². The number of ether oxygens (including phenoxy) is 1. The van der Waals surface area contributed by atoms with Gasteiger partial charge < -0.3 is 33.9 Å². The van der Waals surface area contributed by atoms with Gasteiger partial charge in [0.1, 0.15) is 34.7 Å². The van der Waals surface area contributed by atoms with Gasteiger partial charge in [0.25, 0.3) is 0 Å². The maximum absolute atomic E-state index is 15.2. The Labute approximate surface area is 255 Å². The second kappa shape index (κ2) is 12.0. The highest BCUT2D eigenvalue weighted by atomic mass is 19.1. The van der Waals surface area contributed by atoms with Crippen molar-refractivity contribution in [1.29, 1.82) is 0 Å². The molecule has 1 aliphatic heterocycles. The molecule has 0 bridgehead atoms. The van der Waals surface area contributed by atoms with Crippen LogP contribution in [0.3, 0.4) is 0 Å². The molecular weight excluding hydrogens is 585 g/mol. The first-order valence-electron chi connectivity index (χ1n) is 14.4. The first-order chi connectivity index (χ1) is 21.7. The van der Waals surface area contributed by atoms with Crippen molar-refractivity contribution in [3.05, 3.63) is 92.6 Å². The van der Waals surface area contributed by atoms with Crippen molar-refractivity contribution in [1.82, 2.24) is 9.47 Å². The molecule has 3 heterocycles. The number of carboxylic acids is 1. The first-order valence-corrected chi connectivity index (χ1v) is 14.4. The van der Waals surface area contributed by atoms with E-state index in [2.05, 4.69) is 4.90 Å². The molecule has 1 saturated heterocycles. The van der Waals surface area contributed by atoms with Gasteiger partial charge in [-0.25, -0.2) is 9.18 Å². The Morgan fingerprint density at radius 1 is 1.00 bits per heavy atom. The number of pyridine rings is 1. The predicted octanol–water partition coefficient (Wildman–Crippen LogP) is 4.24. The number of carbonyl (C=O) groups is 1. The fourth-order valence-corrected chi connectivity index (χ4v) is 5.68. The van der Waals surface area contributed by atoms with Gasteiger partial charge in [0.05, 0.1) is 11.2 Å². The number of aromatic hydroxyl groups is 2. The van der Waals surface area contributed by atoms with E-state index in [1.165, 1.54) is 18.3 Å². The van der Waals surface area contributed by atoms with Crippen LogP contribution in [0.25, 0.3) is 33.2 Å². The van der Waals surface area contributed by atoms with Crippen molar-refractivity contribution in [3.63, 3.8) is 0 Å². The molecule has 0 amide bonds. The van der Waals surface area contributed by atoms with E-state index in [1.807, 2.05) is 30.0 Å². The number of fused-ring (bicyclic) bond motifs is 2. The predicted molar refractivity (Wildman–Crippen MR) is 166 cm³/mol. The molecule has 0 atom stereocenters. The number of phenols is 2. The summed E-state index contributed by atoms with van der Waals surface area (Å²) in [6.45, 7) is 4.96. The van der Waals surface area contributed by atoms with E-state index in [1.54, 1.807) is 22.8 Å². The van der Waals surface area contributed by atoms with Crippen molar-refractivity contribution < 1.29 is 33.7 Å². The zero-order valence-electron chi connectivity index (χ0n) is 24.3. The lowest BCUT2D eigenvalue weighted by Crippen LogP contribution is -2.47. The van der Waals surface area contributed by atoms with Crippen LogP contribution in [0.15, 0.2) is 74.8 Å². The molecule has 0 aliphatic carbocycles. The van der Waals surface area contributed by atoms with E-state index < -0.39 is 39.7 Å². The standard InChI is InChI=1S/C33H30FN3O8/c1-2-36-18-21(33(42)43)30(39)20-14-22(34)24(15-23(20)36)37-10-8-35(9-11-37)12-13-44-28-17-27-29(32(41)31(28)40)25(38)16-26(45-27)19-6-4-3-5-7-19/h3-7,14-18,40-41H,2,8-13H2,1H3,(H,42,43). The minimum absolute atomic E-state index is 0.0207. The molecule has 1 fully saturated rings. The minimum atomic E-state index is -1.36. The Morgan fingerprint density at radius 2 is 1.73 bits per heavy atom. The van der Waals surface area contributed by atoms with Gasteiger partial charge in [-0.3, -0.25) is 14.5 Å². The van der Waals surface area contributed by atoms with Crippen molar-refractivity contribution >= 4 is 33.5 Å². The van der Waals surface area contributed by atoms with Crippen molar-refractivity contribution in [2.45, 2.75) is 13.5 Å². The molecule has 0 saturated carbocycles. The Balaban J connectivity index is 1.14. The lowest BCUT2D eigenvalue weighted by atomic mass is 10.1. The van der Waals surface area contributed by atoms with Gasteiger partial charge >= 0.3 is 5.97 Å². The highest BCUT2D eigenvalue weighted by molar-refractivity contribution is 5.93. The molecule has 0 radical (unpaired) electrons. The summed E-state index contributed by atoms with van der Waals surface area (Å²) in [6.07, 6.45) is 1.29. The summed E-state index contributed by atoms with van der Waals surface area (Å²) in [5.74, 6) is -2.85. The molecule has 6 rings (SSSR count). The minimum Gasteiger partial charge on any atom is -0.504 e. The molecule has 2 aromatic heterocycles. The summed E-state index contributed by atoms with van der Waals surface area (Å²) in [5.41, 5.74) is -0.0752. The van der Waals surface area contributed by atoms with Gasteiger partial charge in [-0.1, -0.05) is 30.3 Å². The first kappa shape index (κ1) is 29.7. The molecule has 1 aliphatic rings. The molecule has 45 heavy (non-hydrogen) atoms. The number of benzene rings is 3. The van der Waals surface area contributed by atoms with Crippen LogP contribution >= 0.6 is 0 Å². The maximum atomic E-state index is 15.2. The number of hydrogen-bond acceptors (Lipinski definition) is 9. The number of rotatable bonds is 8. The Bertz CT molecular complexity index is 2050. The number of aromatic carboxylic acids is 1. The van der Waals surface area contributed by atoms with Crippen LogP contribution in [0, 0.1) is 5.82 Å². The van der Waals surface area contributed by atoms with E-state index in [9.17, 15) is 29.7 Å². The van der Waals surface area contributed by atoms with Gasteiger partial charge in [-0.15, -0.1) is 0 Å². The van der Waals surface area contributed by atoms with Crippen LogP contribution in [0.1, 0.15) is 17.3 Å². The highest BCUT2D eigenvalue weighted by Gasteiger charge is 2.23. The SMILES string of the molecule is CCn1cc(C(=O)O)c(=O)c2cc(F)c(N3CCN(CCOc4cc5oc(-c6ccccc6)cc(=O)c5c(O)c4O)CC3)cc21. The average Bonchev–Trinajstić information content (AvgIpc) is 3.04. The fourth-order valence-electron chi connectivity index (χ4n) is 5.68. The maximum Gasteiger partial charge on any atom is 0.341 e. The molecule has 232 valence electrons. The van der Waals surface area contributed by atoms with Gasteiger partial charge in [-0.2, -0.15) is 0 Å². The number of phenolic OH excluding ortho intramolecular Hbond substituents is 2. The number of anilines is 1. The second-order valence-corrected chi connectivity index (χ2v) is 10.7. The van der Waals surface area contributed by atoms with E-state index in [4.69, 9.17) is 9.15 Å². The lowest BCUT2D eigenvalue weighted by Gasteiger charge is -2.36. The smallest absolute Gasteiger partial charge is 0.341 e. The number of halogens is 1. The normalized spacial score (nSPS) is 13.9. The van der Waals surface area contributed by atoms with Gasteiger partial charge in [-0.05, 0) is 19.1 Å². The number of carboxylic acid groups (broad SMARTS) is 1. The Hall–Kier alpha value is -5.36. The summed E-state index contributed by atoms with van der Waals surface area (Å²) in [5, 5.41) is 30.4. The summed E-state index contributed by atoms with van der Waals surface area (Å²) in [4.78, 5) is 40.9. The zero-order valence-corrected chi connectivity index (χ0v) is 24.3. The van der Waals surface area contributed by atoms with Crippen molar-refractivity contribution in [2.75, 3.05) is 44.2 Å². The third-order valence-electron chi connectivity index (χ3n) is 8.09. The largest absolute Gasteiger partial charge is 0.504 e. The van der Waals surface area contributed by atoms with Gasteiger partial charge in [0, 0.05) is 68.5 Å². The monoisotopic (exact) mass is 615 g/mol. The average molecular weight is 616 g/mol. The van der Waals surface area contributed by atoms with E-state index in [0.717, 1.165) is 6.07 Å². The van der Waals surface area contributed by atoms with Crippen LogP contribution in [-0.2, 0) is 6.54 Å². The van der Waals surface area contributed by atoms with E-state index in [0.29, 0.717) is 61.8 Å². The Morgan fingerprint density at radius 3 is 2.42 bits per heavy atom. The van der Waals surface area contributed by atoms with Gasteiger partial charge in [0.2, 0.25) is 11.2 Å². The Kier molecular flexibility index (Phi) is 7.90. The zero-order chi connectivity index (χ0) is 31.8. The highest BCUT2D eigenvalue weighted by Crippen LogP contribution is 2.41. The van der Waals surface area contributed by atoms with Crippen LogP contribution in [0.5, 0.6) is 17.2 Å². The summed E-state index contributed by atoms with van der Waals surface area (Å²) in [6, 6.07) is 14.4. The topological polar surface area (TPSA) is 146 Å². The third-order valence-corrected chi connectivity index (χ3v) is 8.09. The van der Waals surface area contributed by atoms with Crippen LogP contribution in [0.4, 0.5) is 10.1 Å². The van der Waals surface area contributed by atoms with Crippen LogP contribution in [-0.4, -0.2) is 70.1 Å². The third kappa shape index (κ3) is 5.55. The number of nitrogens with zero attached hydrogens (tertiary/aromatic N) is 3. The van der Waals surface area contributed by atoms with Gasteiger partial charge in [0.15, 0.2) is 16.9 Å². The van der Waals surface area contributed by atoms with Crippen LogP contribution in [0.2, 0.25) is 0 Å². The van der Waals surface area contributed by atoms with Crippen molar-refractivity contribution in [3.8, 4) is 28.6 Å². The summed E-state index contributed by atoms with van der Waals surface area (Å²) >= 11 is 0. The second-order valence-electron chi connectivity index (χ2n) is 10.7. The molecule has 3 N–H and O–H groups in total. The molecule has 11 nitrogen and oxygen atoms in total. The molecular formula is C33H30FN3O8. The molecule has 12 heteroatoms. The molecule has 3 aromatic carbocycles. The quantitative estimate of drug-likeness (QED) is 0.217.